The predicted octanol–water partition coefficient (Wildman–Crippen LogP) is 1.96. The van der Waals surface area contributed by atoms with Gasteiger partial charge in [0.2, 0.25) is 0 Å². The number of methoxy groups -OCH3 is 1. The average Bonchev–Trinajstić information content (AvgIpc) is 2.38. The van der Waals surface area contributed by atoms with Crippen molar-refractivity contribution in [2.24, 2.45) is 23.7 Å². The minimum absolute atomic E-state index is 0.107. The molecule has 18 heavy (non-hydrogen) atoms. The van der Waals surface area contributed by atoms with Gasteiger partial charge in [0.15, 0.2) is 0 Å². The van der Waals surface area contributed by atoms with Crippen LogP contribution in [-0.4, -0.2) is 35.6 Å². The smallest absolute Gasteiger partial charge is 0.0651 e. The van der Waals surface area contributed by atoms with Crippen LogP contribution >= 0.6 is 0 Å². The molecule has 3 fully saturated rings. The molecule has 0 aromatic carbocycles. The van der Waals surface area contributed by atoms with E-state index in [-0.39, 0.29) is 30.1 Å². The van der Waals surface area contributed by atoms with Crippen molar-refractivity contribution in [3.8, 4) is 0 Å². The van der Waals surface area contributed by atoms with E-state index in [0.29, 0.717) is 11.8 Å². The maximum Gasteiger partial charge on any atom is 0.0651 e. The zero-order chi connectivity index (χ0) is 12.7. The largest absolute Gasteiger partial charge is 0.393 e. The lowest BCUT2D eigenvalue weighted by atomic mass is 9.57. The Bertz CT molecular complexity index is 293. The second-order valence-electron chi connectivity index (χ2n) is 6.60. The molecule has 0 spiro atoms. The van der Waals surface area contributed by atoms with Crippen molar-refractivity contribution in [1.82, 2.24) is 0 Å². The van der Waals surface area contributed by atoms with Gasteiger partial charge in [-0.2, -0.15) is 0 Å². The standard InChI is InChI=1S/C15H26O3/c1-18-12-7-3-5-10-8-9-4-2-6-11(16)13(9)15(17)14(10)12/h9-17H,2-8H2,1H3. The molecule has 0 heterocycles. The summed E-state index contributed by atoms with van der Waals surface area (Å²) < 4.78 is 5.60. The SMILES string of the molecule is COC1CCCC2CC3CCCC(O)C3C(O)C21. The Labute approximate surface area is 110 Å². The summed E-state index contributed by atoms with van der Waals surface area (Å²) in [4.78, 5) is 0. The molecule has 7 unspecified atom stereocenters. The first-order valence-corrected chi connectivity index (χ1v) is 7.61. The van der Waals surface area contributed by atoms with Crippen LogP contribution in [-0.2, 0) is 4.74 Å². The Balaban J connectivity index is 1.82. The second kappa shape index (κ2) is 5.10. The molecule has 3 heteroatoms. The Morgan fingerprint density at radius 2 is 1.56 bits per heavy atom. The van der Waals surface area contributed by atoms with Crippen LogP contribution in [0.1, 0.15) is 44.9 Å². The lowest BCUT2D eigenvalue weighted by molar-refractivity contribution is -0.158. The number of fused-ring (bicyclic) bond motifs is 2. The first kappa shape index (κ1) is 12.9. The number of rotatable bonds is 1. The summed E-state index contributed by atoms with van der Waals surface area (Å²) in [6.07, 6.45) is 7.48. The van der Waals surface area contributed by atoms with Gasteiger partial charge >= 0.3 is 0 Å². The van der Waals surface area contributed by atoms with Gasteiger partial charge in [-0.15, -0.1) is 0 Å². The third kappa shape index (κ3) is 2.00. The third-order valence-corrected chi connectivity index (χ3v) is 5.80. The van der Waals surface area contributed by atoms with Gasteiger partial charge in [-0.25, -0.2) is 0 Å². The van der Waals surface area contributed by atoms with E-state index in [9.17, 15) is 10.2 Å². The van der Waals surface area contributed by atoms with Crippen molar-refractivity contribution in [2.45, 2.75) is 63.3 Å². The highest BCUT2D eigenvalue weighted by molar-refractivity contribution is 5.00. The highest BCUT2D eigenvalue weighted by atomic mass is 16.5. The van der Waals surface area contributed by atoms with Gasteiger partial charge in [-0.05, 0) is 43.9 Å². The van der Waals surface area contributed by atoms with Gasteiger partial charge in [0.25, 0.3) is 0 Å². The topological polar surface area (TPSA) is 49.7 Å². The number of hydrogen-bond donors (Lipinski definition) is 2. The molecule has 104 valence electrons. The number of aliphatic hydroxyl groups is 2. The van der Waals surface area contributed by atoms with Crippen LogP contribution < -0.4 is 0 Å². The fourth-order valence-electron chi connectivity index (χ4n) is 5.03. The molecular weight excluding hydrogens is 228 g/mol. The monoisotopic (exact) mass is 254 g/mol. The van der Waals surface area contributed by atoms with Crippen LogP contribution in [0.3, 0.4) is 0 Å². The molecule has 3 saturated carbocycles. The fraction of sp³-hybridized carbons (Fsp3) is 1.00. The molecule has 0 saturated heterocycles. The maximum absolute atomic E-state index is 10.7. The van der Waals surface area contributed by atoms with Crippen molar-refractivity contribution in [2.75, 3.05) is 7.11 Å². The van der Waals surface area contributed by atoms with Gasteiger partial charge in [0.1, 0.15) is 0 Å². The summed E-state index contributed by atoms with van der Waals surface area (Å²) in [6.45, 7) is 0. The minimum Gasteiger partial charge on any atom is -0.393 e. The number of hydrogen-bond acceptors (Lipinski definition) is 3. The number of ether oxygens (including phenoxy) is 1. The van der Waals surface area contributed by atoms with E-state index in [1.807, 2.05) is 0 Å². The first-order chi connectivity index (χ1) is 8.72. The Morgan fingerprint density at radius 1 is 0.889 bits per heavy atom. The van der Waals surface area contributed by atoms with Gasteiger partial charge < -0.3 is 14.9 Å². The molecule has 2 N–H and O–H groups in total. The Hall–Kier alpha value is -0.120. The molecular formula is C15H26O3. The molecule has 0 amide bonds. The quantitative estimate of drug-likeness (QED) is 0.752. The van der Waals surface area contributed by atoms with E-state index in [4.69, 9.17) is 4.74 Å². The third-order valence-electron chi connectivity index (χ3n) is 5.80. The molecule has 3 nitrogen and oxygen atoms in total. The van der Waals surface area contributed by atoms with Gasteiger partial charge in [0, 0.05) is 18.9 Å². The van der Waals surface area contributed by atoms with Crippen molar-refractivity contribution in [3.63, 3.8) is 0 Å². The minimum atomic E-state index is -0.353. The summed E-state index contributed by atoms with van der Waals surface area (Å²) in [6, 6.07) is 0. The van der Waals surface area contributed by atoms with E-state index in [1.54, 1.807) is 7.11 Å². The van der Waals surface area contributed by atoms with Crippen molar-refractivity contribution >= 4 is 0 Å². The molecule has 0 aromatic heterocycles. The Morgan fingerprint density at radius 3 is 2.28 bits per heavy atom. The summed E-state index contributed by atoms with van der Waals surface area (Å²) >= 11 is 0. The van der Waals surface area contributed by atoms with E-state index >= 15 is 0 Å². The normalized spacial score (nSPS) is 52.5. The molecule has 3 aliphatic carbocycles. The molecule has 0 aromatic rings. The fourth-order valence-corrected chi connectivity index (χ4v) is 5.03. The summed E-state index contributed by atoms with van der Waals surface area (Å²) in [7, 11) is 1.77. The number of aliphatic hydroxyl groups excluding tert-OH is 2. The zero-order valence-corrected chi connectivity index (χ0v) is 11.3. The van der Waals surface area contributed by atoms with Crippen molar-refractivity contribution in [1.29, 1.82) is 0 Å². The second-order valence-corrected chi connectivity index (χ2v) is 6.60. The van der Waals surface area contributed by atoms with Crippen LogP contribution in [0.5, 0.6) is 0 Å². The lowest BCUT2D eigenvalue weighted by Gasteiger charge is -2.52. The van der Waals surface area contributed by atoms with Crippen molar-refractivity contribution < 1.29 is 14.9 Å². The van der Waals surface area contributed by atoms with Crippen LogP contribution in [0, 0.1) is 23.7 Å². The highest BCUT2D eigenvalue weighted by Crippen LogP contribution is 2.50. The lowest BCUT2D eigenvalue weighted by Crippen LogP contribution is -2.55. The maximum atomic E-state index is 10.7. The van der Waals surface area contributed by atoms with E-state index in [0.717, 1.165) is 19.3 Å². The molecule has 0 bridgehead atoms. The van der Waals surface area contributed by atoms with E-state index in [2.05, 4.69) is 0 Å². The zero-order valence-electron chi connectivity index (χ0n) is 11.3. The van der Waals surface area contributed by atoms with Crippen LogP contribution in [0.15, 0.2) is 0 Å². The Kier molecular flexibility index (Phi) is 3.65. The summed E-state index contributed by atoms with van der Waals surface area (Å²) in [5, 5.41) is 21.0. The summed E-state index contributed by atoms with van der Waals surface area (Å²) in [5.41, 5.74) is 0. The average molecular weight is 254 g/mol. The molecule has 0 aliphatic heterocycles. The molecule has 3 rings (SSSR count). The van der Waals surface area contributed by atoms with Gasteiger partial charge in [-0.3, -0.25) is 0 Å². The first-order valence-electron chi connectivity index (χ1n) is 7.61. The predicted molar refractivity (Wildman–Crippen MR) is 69.1 cm³/mol. The van der Waals surface area contributed by atoms with Crippen molar-refractivity contribution in [3.05, 3.63) is 0 Å². The molecule has 0 radical (unpaired) electrons. The van der Waals surface area contributed by atoms with Crippen LogP contribution in [0.2, 0.25) is 0 Å². The van der Waals surface area contributed by atoms with E-state index < -0.39 is 0 Å². The van der Waals surface area contributed by atoms with Crippen LogP contribution in [0.4, 0.5) is 0 Å². The molecule has 3 aliphatic rings. The van der Waals surface area contributed by atoms with Gasteiger partial charge in [0.05, 0.1) is 18.3 Å². The van der Waals surface area contributed by atoms with E-state index in [1.165, 1.54) is 25.7 Å². The highest BCUT2D eigenvalue weighted by Gasteiger charge is 2.51. The summed E-state index contributed by atoms with van der Waals surface area (Å²) in [5.74, 6) is 1.53. The van der Waals surface area contributed by atoms with Gasteiger partial charge in [-0.1, -0.05) is 12.8 Å². The molecule has 7 atom stereocenters. The van der Waals surface area contributed by atoms with Crippen LogP contribution in [0.25, 0.3) is 0 Å².